The highest BCUT2D eigenvalue weighted by Gasteiger charge is 2.30. The van der Waals surface area contributed by atoms with Crippen LogP contribution in [0.15, 0.2) is 24.3 Å². The number of carboxylic acid groups (broad SMARTS) is 1. The van der Waals surface area contributed by atoms with Crippen molar-refractivity contribution in [3.8, 4) is 0 Å². The van der Waals surface area contributed by atoms with Crippen molar-refractivity contribution in [2.24, 2.45) is 11.3 Å². The summed E-state index contributed by atoms with van der Waals surface area (Å²) in [5, 5.41) is 9.11. The largest absolute Gasteiger partial charge is 0.481 e. The molecule has 0 fully saturated rings. The van der Waals surface area contributed by atoms with E-state index in [-0.39, 0.29) is 18.2 Å². The third kappa shape index (κ3) is 4.41. The zero-order valence-corrected chi connectivity index (χ0v) is 13.7. The van der Waals surface area contributed by atoms with Gasteiger partial charge in [0.25, 0.3) is 0 Å². The van der Waals surface area contributed by atoms with Crippen molar-refractivity contribution in [3.63, 3.8) is 0 Å². The molecule has 5 nitrogen and oxygen atoms in total. The fraction of sp³-hybridized carbons (Fsp3) is 0.471. The number of aliphatic carboxylic acids is 1. The first-order chi connectivity index (χ1) is 10.0. The molecular formula is C17H23NO4. The van der Waals surface area contributed by atoms with Crippen LogP contribution >= 0.6 is 0 Å². The van der Waals surface area contributed by atoms with Gasteiger partial charge in [0.05, 0.1) is 5.92 Å². The Morgan fingerprint density at radius 1 is 1.23 bits per heavy atom. The molecule has 1 aromatic carbocycles. The minimum atomic E-state index is -0.963. The summed E-state index contributed by atoms with van der Waals surface area (Å²) in [6, 6.07) is 6.71. The number of carbonyl (C=O) groups is 3. The monoisotopic (exact) mass is 305 g/mol. The van der Waals surface area contributed by atoms with Crippen LogP contribution in [0.2, 0.25) is 0 Å². The third-order valence-corrected chi connectivity index (χ3v) is 3.33. The first-order valence-corrected chi connectivity index (χ1v) is 7.20. The molecule has 1 rings (SSSR count). The van der Waals surface area contributed by atoms with Gasteiger partial charge in [-0.3, -0.25) is 14.4 Å². The SMILES string of the molecule is CC(=O)c1cccc(N(CC(C)C(=O)O)C(=O)C(C)(C)C)c1. The van der Waals surface area contributed by atoms with E-state index in [2.05, 4.69) is 0 Å². The summed E-state index contributed by atoms with van der Waals surface area (Å²) < 4.78 is 0. The summed E-state index contributed by atoms with van der Waals surface area (Å²) >= 11 is 0. The number of anilines is 1. The Morgan fingerprint density at radius 3 is 2.27 bits per heavy atom. The summed E-state index contributed by atoms with van der Waals surface area (Å²) in [4.78, 5) is 36.7. The number of benzene rings is 1. The molecule has 120 valence electrons. The summed E-state index contributed by atoms with van der Waals surface area (Å²) in [5.41, 5.74) is 0.387. The second kappa shape index (κ2) is 6.73. The predicted molar refractivity (Wildman–Crippen MR) is 85.1 cm³/mol. The van der Waals surface area contributed by atoms with E-state index < -0.39 is 17.3 Å². The second-order valence-corrected chi connectivity index (χ2v) is 6.51. The van der Waals surface area contributed by atoms with Crippen LogP contribution in [-0.4, -0.2) is 29.3 Å². The first-order valence-electron chi connectivity index (χ1n) is 7.20. The average molecular weight is 305 g/mol. The van der Waals surface area contributed by atoms with Crippen LogP contribution in [-0.2, 0) is 9.59 Å². The molecule has 5 heteroatoms. The topological polar surface area (TPSA) is 74.7 Å². The zero-order chi connectivity index (χ0) is 17.1. The number of hydrogen-bond acceptors (Lipinski definition) is 3. The van der Waals surface area contributed by atoms with Crippen LogP contribution in [0.25, 0.3) is 0 Å². The molecule has 0 heterocycles. The molecule has 0 aliphatic rings. The summed E-state index contributed by atoms with van der Waals surface area (Å²) in [7, 11) is 0. The number of rotatable bonds is 5. The van der Waals surface area contributed by atoms with Crippen molar-refractivity contribution in [3.05, 3.63) is 29.8 Å². The van der Waals surface area contributed by atoms with E-state index >= 15 is 0 Å². The van der Waals surface area contributed by atoms with Gasteiger partial charge in [0.2, 0.25) is 5.91 Å². The van der Waals surface area contributed by atoms with Crippen molar-refractivity contribution >= 4 is 23.3 Å². The maximum absolute atomic E-state index is 12.7. The molecule has 1 aromatic rings. The molecule has 0 aliphatic heterocycles. The molecule has 0 bridgehead atoms. The molecule has 1 unspecified atom stereocenters. The molecule has 0 saturated heterocycles. The van der Waals surface area contributed by atoms with Gasteiger partial charge in [0.15, 0.2) is 5.78 Å². The molecule has 1 amide bonds. The lowest BCUT2D eigenvalue weighted by atomic mass is 9.93. The molecule has 1 atom stereocenters. The van der Waals surface area contributed by atoms with Gasteiger partial charge in [0.1, 0.15) is 0 Å². The second-order valence-electron chi connectivity index (χ2n) is 6.51. The minimum absolute atomic E-state index is 0.0623. The van der Waals surface area contributed by atoms with Crippen LogP contribution in [0.3, 0.4) is 0 Å². The van der Waals surface area contributed by atoms with Crippen LogP contribution in [0.5, 0.6) is 0 Å². The van der Waals surface area contributed by atoms with Crippen molar-refractivity contribution in [2.75, 3.05) is 11.4 Å². The maximum Gasteiger partial charge on any atom is 0.308 e. The molecular weight excluding hydrogens is 282 g/mol. The van der Waals surface area contributed by atoms with Crippen LogP contribution in [0.4, 0.5) is 5.69 Å². The van der Waals surface area contributed by atoms with Crippen LogP contribution in [0, 0.1) is 11.3 Å². The third-order valence-electron chi connectivity index (χ3n) is 3.33. The number of Topliss-reactive ketones (excluding diaryl/α,β-unsaturated/α-hetero) is 1. The quantitative estimate of drug-likeness (QED) is 0.849. The van der Waals surface area contributed by atoms with Crippen molar-refractivity contribution in [1.29, 1.82) is 0 Å². The molecule has 0 spiro atoms. The average Bonchev–Trinajstić information content (AvgIpc) is 2.42. The van der Waals surface area contributed by atoms with Crippen molar-refractivity contribution in [2.45, 2.75) is 34.6 Å². The highest BCUT2D eigenvalue weighted by Crippen LogP contribution is 2.25. The Labute approximate surface area is 130 Å². The van der Waals surface area contributed by atoms with Gasteiger partial charge in [0, 0.05) is 23.2 Å². The van der Waals surface area contributed by atoms with E-state index in [1.54, 1.807) is 52.0 Å². The number of carboxylic acids is 1. The van der Waals surface area contributed by atoms with E-state index in [0.717, 1.165) is 0 Å². The van der Waals surface area contributed by atoms with Gasteiger partial charge in [-0.1, -0.05) is 39.8 Å². The van der Waals surface area contributed by atoms with E-state index in [0.29, 0.717) is 11.3 Å². The Kier molecular flexibility index (Phi) is 5.47. The van der Waals surface area contributed by atoms with E-state index in [9.17, 15) is 14.4 Å². The molecule has 0 radical (unpaired) electrons. The number of amides is 1. The number of nitrogens with zero attached hydrogens (tertiary/aromatic N) is 1. The van der Waals surface area contributed by atoms with E-state index in [1.807, 2.05) is 0 Å². The smallest absolute Gasteiger partial charge is 0.308 e. The number of hydrogen-bond donors (Lipinski definition) is 1. The minimum Gasteiger partial charge on any atom is -0.481 e. The van der Waals surface area contributed by atoms with Gasteiger partial charge in [-0.15, -0.1) is 0 Å². The fourth-order valence-corrected chi connectivity index (χ4v) is 1.96. The number of ketones is 1. The summed E-state index contributed by atoms with van der Waals surface area (Å²) in [6.07, 6.45) is 0. The number of carbonyl (C=O) groups excluding carboxylic acids is 2. The highest BCUT2D eigenvalue weighted by atomic mass is 16.4. The Bertz CT molecular complexity index is 587. The highest BCUT2D eigenvalue weighted by molar-refractivity contribution is 6.00. The molecule has 0 aliphatic carbocycles. The Morgan fingerprint density at radius 2 is 1.82 bits per heavy atom. The predicted octanol–water partition coefficient (Wildman–Crippen LogP) is 2.99. The first kappa shape index (κ1) is 17.9. The lowest BCUT2D eigenvalue weighted by molar-refractivity contribution is -0.140. The van der Waals surface area contributed by atoms with Crippen molar-refractivity contribution < 1.29 is 19.5 Å². The Balaban J connectivity index is 3.25. The normalized spacial score (nSPS) is 12.6. The maximum atomic E-state index is 12.7. The summed E-state index contributed by atoms with van der Waals surface area (Å²) in [6.45, 7) is 8.41. The van der Waals surface area contributed by atoms with E-state index in [4.69, 9.17) is 5.11 Å². The standard InChI is InChI=1S/C17H23NO4/c1-11(15(20)21)10-18(16(22)17(3,4)5)14-8-6-7-13(9-14)12(2)19/h6-9,11H,10H2,1-5H3,(H,20,21). The van der Waals surface area contributed by atoms with Crippen LogP contribution in [0.1, 0.15) is 45.0 Å². The summed E-state index contributed by atoms with van der Waals surface area (Å²) in [5.74, 6) is -1.95. The lowest BCUT2D eigenvalue weighted by Gasteiger charge is -2.31. The molecule has 22 heavy (non-hydrogen) atoms. The van der Waals surface area contributed by atoms with Gasteiger partial charge in [-0.25, -0.2) is 0 Å². The molecule has 0 saturated carbocycles. The van der Waals surface area contributed by atoms with Gasteiger partial charge in [-0.05, 0) is 19.1 Å². The van der Waals surface area contributed by atoms with Gasteiger partial charge >= 0.3 is 5.97 Å². The Hall–Kier alpha value is -2.17. The molecule has 1 N–H and O–H groups in total. The lowest BCUT2D eigenvalue weighted by Crippen LogP contribution is -2.43. The van der Waals surface area contributed by atoms with Crippen molar-refractivity contribution in [1.82, 2.24) is 0 Å². The van der Waals surface area contributed by atoms with E-state index in [1.165, 1.54) is 11.8 Å². The van der Waals surface area contributed by atoms with Gasteiger partial charge < -0.3 is 10.0 Å². The molecule has 0 aromatic heterocycles. The van der Waals surface area contributed by atoms with Crippen LogP contribution < -0.4 is 4.90 Å². The van der Waals surface area contributed by atoms with Gasteiger partial charge in [-0.2, -0.15) is 0 Å². The zero-order valence-electron chi connectivity index (χ0n) is 13.7. The fourth-order valence-electron chi connectivity index (χ4n) is 1.96.